The molecule has 0 aromatic heterocycles. The number of ether oxygens (including phenoxy) is 1. The van der Waals surface area contributed by atoms with Crippen LogP contribution in [0.3, 0.4) is 0 Å². The minimum atomic E-state index is -0.0953. The SMILES string of the molecule is CCO[C](=[W])C1=C(c2ccccc2)N2C(=O)C[C@@H](c3ccccc3)N2[C@H]1c1ccccc1. The standard InChI is InChI=1S/C27H24N2O2.W/c1-2-31-19-23-26(21-14-8-4-9-15-21)28-24(20-12-6-3-7-13-20)18-25(30)29(28)27(23)22-16-10-5-11-17-22;/h3-17,24,26H,2,18H2,1H3;/t24-,26-;/m0./s1. The Labute approximate surface area is 199 Å². The first kappa shape index (κ1) is 21.2. The Kier molecular flexibility index (Phi) is 6.01. The fourth-order valence-corrected chi connectivity index (χ4v) is 5.89. The first-order valence-corrected chi connectivity index (χ1v) is 12.3. The van der Waals surface area contributed by atoms with Crippen molar-refractivity contribution in [3.05, 3.63) is 113 Å². The summed E-state index contributed by atoms with van der Waals surface area (Å²) in [6.07, 6.45) is 0.456. The zero-order valence-electron chi connectivity index (χ0n) is 17.8. The van der Waals surface area contributed by atoms with E-state index in [-0.39, 0.29) is 18.0 Å². The first-order chi connectivity index (χ1) is 15.7. The van der Waals surface area contributed by atoms with Crippen LogP contribution in [0, 0.1) is 0 Å². The monoisotopic (exact) mass is 592 g/mol. The van der Waals surface area contributed by atoms with Crippen LogP contribution in [0.15, 0.2) is 96.6 Å². The Balaban J connectivity index is 1.75. The van der Waals surface area contributed by atoms with Crippen LogP contribution < -0.4 is 0 Å². The van der Waals surface area contributed by atoms with E-state index in [1.54, 1.807) is 0 Å². The topological polar surface area (TPSA) is 32.8 Å². The molecule has 0 bridgehead atoms. The number of amides is 1. The number of carbonyl (C=O) groups is 1. The average molecular weight is 592 g/mol. The van der Waals surface area contributed by atoms with Crippen molar-refractivity contribution in [3.63, 3.8) is 0 Å². The van der Waals surface area contributed by atoms with Crippen molar-refractivity contribution in [2.75, 3.05) is 6.61 Å². The van der Waals surface area contributed by atoms with Gasteiger partial charge in [-0.05, 0) is 0 Å². The number of rotatable bonds is 6. The predicted octanol–water partition coefficient (Wildman–Crippen LogP) is 5.06. The minimum absolute atomic E-state index is 0.0328. The maximum atomic E-state index is 13.5. The van der Waals surface area contributed by atoms with Crippen molar-refractivity contribution in [1.29, 1.82) is 0 Å². The number of nitrogens with zero attached hydrogens (tertiary/aromatic N) is 2. The second-order valence-electron chi connectivity index (χ2n) is 7.88. The Morgan fingerprint density at radius 1 is 0.906 bits per heavy atom. The number of fused-ring (bicyclic) bond motifs is 1. The van der Waals surface area contributed by atoms with E-state index >= 15 is 0 Å². The molecule has 2 atom stereocenters. The van der Waals surface area contributed by atoms with Gasteiger partial charge in [-0.15, -0.1) is 0 Å². The molecule has 0 unspecified atom stereocenters. The number of hydrogen-bond acceptors (Lipinski definition) is 3. The Bertz CT molecular complexity index is 1160. The van der Waals surface area contributed by atoms with Crippen LogP contribution in [0.2, 0.25) is 0 Å². The fraction of sp³-hybridized carbons (Fsp3) is 0.185. The summed E-state index contributed by atoms with van der Waals surface area (Å²) in [5.41, 5.74) is 5.38. The second-order valence-corrected chi connectivity index (χ2v) is 9.21. The molecule has 0 saturated carbocycles. The number of benzene rings is 3. The molecule has 5 rings (SSSR count). The molecule has 0 radical (unpaired) electrons. The predicted molar refractivity (Wildman–Crippen MR) is 122 cm³/mol. The van der Waals surface area contributed by atoms with Crippen LogP contribution in [0.1, 0.15) is 42.1 Å². The van der Waals surface area contributed by atoms with Gasteiger partial charge in [-0.1, -0.05) is 0 Å². The van der Waals surface area contributed by atoms with Gasteiger partial charge in [-0.25, -0.2) is 0 Å². The number of hydrogen-bond donors (Lipinski definition) is 0. The zero-order chi connectivity index (χ0) is 22.1. The third kappa shape index (κ3) is 3.63. The van der Waals surface area contributed by atoms with Gasteiger partial charge >= 0.3 is 200 Å². The molecule has 3 aromatic rings. The summed E-state index contributed by atoms with van der Waals surface area (Å²) in [7, 11) is 0. The van der Waals surface area contributed by atoms with E-state index in [1.807, 2.05) is 54.4 Å². The van der Waals surface area contributed by atoms with Crippen LogP contribution in [0.25, 0.3) is 5.70 Å². The Morgan fingerprint density at radius 3 is 2.06 bits per heavy atom. The zero-order valence-corrected chi connectivity index (χ0v) is 20.8. The van der Waals surface area contributed by atoms with Gasteiger partial charge in [-0.2, -0.15) is 0 Å². The van der Waals surface area contributed by atoms with Gasteiger partial charge in [0.15, 0.2) is 0 Å². The van der Waals surface area contributed by atoms with Crippen LogP contribution in [-0.2, 0) is 28.9 Å². The third-order valence-electron chi connectivity index (χ3n) is 6.00. The Hall–Kier alpha value is -2.65. The molecule has 1 amide bonds. The van der Waals surface area contributed by atoms with Crippen molar-refractivity contribution >= 4 is 15.7 Å². The van der Waals surface area contributed by atoms with Gasteiger partial charge < -0.3 is 0 Å². The van der Waals surface area contributed by atoms with Crippen molar-refractivity contribution in [2.24, 2.45) is 0 Å². The van der Waals surface area contributed by atoms with E-state index in [4.69, 9.17) is 4.74 Å². The van der Waals surface area contributed by atoms with Gasteiger partial charge in [0, 0.05) is 0 Å². The summed E-state index contributed by atoms with van der Waals surface area (Å²) in [6, 6.07) is 30.9. The van der Waals surface area contributed by atoms with Crippen molar-refractivity contribution in [2.45, 2.75) is 25.4 Å². The Morgan fingerprint density at radius 2 is 1.47 bits per heavy atom. The molecule has 0 N–H and O–H groups in total. The molecule has 2 aliphatic heterocycles. The molecule has 1 fully saturated rings. The maximum absolute atomic E-state index is 13.5. The summed E-state index contributed by atoms with van der Waals surface area (Å²) in [5.74, 6) is 0.118. The van der Waals surface area contributed by atoms with E-state index in [9.17, 15) is 4.79 Å². The van der Waals surface area contributed by atoms with Crippen LogP contribution in [-0.4, -0.2) is 26.6 Å². The number of carbonyl (C=O) groups excluding carboxylic acids is 1. The average Bonchev–Trinajstić information content (AvgIpc) is 3.36. The molecule has 2 aliphatic rings. The summed E-state index contributed by atoms with van der Waals surface area (Å²) < 4.78 is 7.04. The molecule has 160 valence electrons. The molecule has 5 heteroatoms. The summed E-state index contributed by atoms with van der Waals surface area (Å²) in [5, 5.41) is 4.19. The van der Waals surface area contributed by atoms with Crippen LogP contribution in [0.4, 0.5) is 0 Å². The fourth-order valence-electron chi connectivity index (χ4n) is 4.72. The molecule has 0 aliphatic carbocycles. The van der Waals surface area contributed by atoms with E-state index in [1.165, 1.54) is 19.4 Å². The summed E-state index contributed by atoms with van der Waals surface area (Å²) in [6.45, 7) is 2.61. The summed E-state index contributed by atoms with van der Waals surface area (Å²) >= 11 is 1.26. The van der Waals surface area contributed by atoms with Gasteiger partial charge in [0.1, 0.15) is 0 Å². The molecule has 2 heterocycles. The molecular formula is C27H24N2O2W. The van der Waals surface area contributed by atoms with Crippen LogP contribution >= 0.6 is 0 Å². The van der Waals surface area contributed by atoms with E-state index < -0.39 is 0 Å². The first-order valence-electron chi connectivity index (χ1n) is 10.9. The molecular weight excluding hydrogens is 568 g/mol. The molecule has 32 heavy (non-hydrogen) atoms. The molecule has 1 saturated heterocycles. The van der Waals surface area contributed by atoms with E-state index in [0.29, 0.717) is 13.0 Å². The molecule has 4 nitrogen and oxygen atoms in total. The molecule has 3 aromatic carbocycles. The van der Waals surface area contributed by atoms with Gasteiger partial charge in [0.2, 0.25) is 0 Å². The summed E-state index contributed by atoms with van der Waals surface area (Å²) in [4.78, 5) is 13.5. The van der Waals surface area contributed by atoms with E-state index in [0.717, 1.165) is 32.0 Å². The van der Waals surface area contributed by atoms with Gasteiger partial charge in [0.25, 0.3) is 0 Å². The van der Waals surface area contributed by atoms with Crippen molar-refractivity contribution in [3.8, 4) is 0 Å². The van der Waals surface area contributed by atoms with Crippen molar-refractivity contribution in [1.82, 2.24) is 10.0 Å². The second kappa shape index (κ2) is 9.07. The number of hydrazine groups is 1. The van der Waals surface area contributed by atoms with Crippen LogP contribution in [0.5, 0.6) is 0 Å². The third-order valence-corrected chi connectivity index (χ3v) is 7.22. The normalized spacial score (nSPS) is 20.7. The molecule has 0 spiro atoms. The van der Waals surface area contributed by atoms with Crippen molar-refractivity contribution < 1.29 is 28.9 Å². The van der Waals surface area contributed by atoms with Gasteiger partial charge in [0.05, 0.1) is 0 Å². The van der Waals surface area contributed by atoms with Gasteiger partial charge in [-0.3, -0.25) is 0 Å². The quantitative estimate of drug-likeness (QED) is 0.402. The van der Waals surface area contributed by atoms with E-state index in [2.05, 4.69) is 53.5 Å².